The number of carbonyl (C=O) groups excluding carboxylic acids is 1. The maximum Gasteiger partial charge on any atom is 0.354 e. The van der Waals surface area contributed by atoms with E-state index >= 15 is 0 Å². The lowest BCUT2D eigenvalue weighted by molar-refractivity contribution is 0.0590. The number of esters is 1. The highest BCUT2D eigenvalue weighted by molar-refractivity contribution is 7.89. The Labute approximate surface area is 172 Å². The van der Waals surface area contributed by atoms with Gasteiger partial charge in [0.15, 0.2) is 0 Å². The van der Waals surface area contributed by atoms with Gasteiger partial charge in [-0.15, -0.1) is 12.4 Å². The van der Waals surface area contributed by atoms with E-state index in [9.17, 15) is 13.2 Å². The minimum atomic E-state index is -3.75. The van der Waals surface area contributed by atoms with E-state index in [2.05, 4.69) is 12.2 Å². The van der Waals surface area contributed by atoms with Gasteiger partial charge >= 0.3 is 5.97 Å². The van der Waals surface area contributed by atoms with Crippen molar-refractivity contribution in [2.45, 2.75) is 24.3 Å². The molecule has 1 aromatic carbocycles. The molecule has 0 bridgehead atoms. The first-order valence-corrected chi connectivity index (χ1v) is 10.4. The van der Waals surface area contributed by atoms with Crippen LogP contribution in [0.3, 0.4) is 0 Å². The van der Waals surface area contributed by atoms with Crippen LogP contribution in [0.4, 0.5) is 0 Å². The van der Waals surface area contributed by atoms with Crippen LogP contribution >= 0.6 is 12.4 Å². The zero-order valence-electron chi connectivity index (χ0n) is 16.2. The van der Waals surface area contributed by atoms with Crippen LogP contribution in [-0.2, 0) is 28.2 Å². The molecule has 2 aromatic rings. The molecule has 0 aliphatic carbocycles. The summed E-state index contributed by atoms with van der Waals surface area (Å²) in [6.45, 7) is 3.58. The van der Waals surface area contributed by atoms with Crippen LogP contribution in [0.25, 0.3) is 0 Å². The Bertz CT molecular complexity index is 925. The normalized spacial score (nSPS) is 17.8. The number of hydrogen-bond donors (Lipinski definition) is 1. The van der Waals surface area contributed by atoms with Gasteiger partial charge in [0.05, 0.1) is 13.2 Å². The Kier molecular flexibility index (Phi) is 7.28. The smallest absolute Gasteiger partial charge is 0.354 e. The molecule has 1 aliphatic rings. The van der Waals surface area contributed by atoms with Crippen LogP contribution in [-0.4, -0.2) is 50.0 Å². The molecule has 7 nitrogen and oxygen atoms in total. The van der Waals surface area contributed by atoms with Crippen LogP contribution in [0.2, 0.25) is 0 Å². The van der Waals surface area contributed by atoms with E-state index in [1.54, 1.807) is 7.05 Å². The van der Waals surface area contributed by atoms with Gasteiger partial charge in [0.2, 0.25) is 10.0 Å². The number of aryl methyl sites for hydroxylation is 2. The Balaban J connectivity index is 0.00000280. The van der Waals surface area contributed by atoms with E-state index in [0.717, 1.165) is 12.0 Å². The summed E-state index contributed by atoms with van der Waals surface area (Å²) in [5.74, 6) is -0.564. The van der Waals surface area contributed by atoms with Gasteiger partial charge in [-0.1, -0.05) is 31.2 Å². The highest BCUT2D eigenvalue weighted by Gasteiger charge is 2.35. The van der Waals surface area contributed by atoms with Crippen molar-refractivity contribution in [1.29, 1.82) is 0 Å². The molecule has 0 saturated carbocycles. The molecule has 2 heterocycles. The number of halogens is 1. The number of ether oxygens (including phenoxy) is 1. The molecule has 1 unspecified atom stereocenters. The summed E-state index contributed by atoms with van der Waals surface area (Å²) < 4.78 is 34.3. The number of aromatic nitrogens is 1. The van der Waals surface area contributed by atoms with E-state index in [1.165, 1.54) is 33.8 Å². The second-order valence-corrected chi connectivity index (χ2v) is 8.48. The van der Waals surface area contributed by atoms with E-state index in [0.29, 0.717) is 19.6 Å². The molecule has 1 atom stereocenters. The minimum Gasteiger partial charge on any atom is -0.464 e. The van der Waals surface area contributed by atoms with E-state index in [4.69, 9.17) is 4.74 Å². The lowest BCUT2D eigenvalue weighted by Gasteiger charge is -2.35. The Morgan fingerprint density at radius 2 is 1.96 bits per heavy atom. The fourth-order valence-corrected chi connectivity index (χ4v) is 5.04. The molecule has 28 heavy (non-hydrogen) atoms. The average Bonchev–Trinajstić information content (AvgIpc) is 3.10. The lowest BCUT2D eigenvalue weighted by Crippen LogP contribution is -2.48. The maximum absolute atomic E-state index is 13.3. The van der Waals surface area contributed by atoms with Crippen LogP contribution in [0, 0.1) is 0 Å². The maximum atomic E-state index is 13.3. The van der Waals surface area contributed by atoms with Crippen LogP contribution in [0.5, 0.6) is 0 Å². The highest BCUT2D eigenvalue weighted by atomic mass is 35.5. The van der Waals surface area contributed by atoms with Gasteiger partial charge in [0.1, 0.15) is 10.6 Å². The first kappa shape index (κ1) is 22.4. The first-order chi connectivity index (χ1) is 12.9. The van der Waals surface area contributed by atoms with Crippen molar-refractivity contribution in [2.24, 2.45) is 7.05 Å². The second kappa shape index (κ2) is 9.09. The topological polar surface area (TPSA) is 80.6 Å². The summed E-state index contributed by atoms with van der Waals surface area (Å²) >= 11 is 0. The zero-order valence-corrected chi connectivity index (χ0v) is 17.8. The molecule has 1 saturated heterocycles. The van der Waals surface area contributed by atoms with Gasteiger partial charge in [-0.3, -0.25) is 0 Å². The lowest BCUT2D eigenvalue weighted by atomic mass is 10.0. The average molecular weight is 428 g/mol. The van der Waals surface area contributed by atoms with Crippen molar-refractivity contribution < 1.29 is 17.9 Å². The van der Waals surface area contributed by atoms with E-state index in [-0.39, 0.29) is 29.0 Å². The van der Waals surface area contributed by atoms with E-state index < -0.39 is 16.0 Å². The Morgan fingerprint density at radius 3 is 2.57 bits per heavy atom. The molecule has 1 aromatic heterocycles. The van der Waals surface area contributed by atoms with Crippen LogP contribution in [0.1, 0.15) is 34.6 Å². The molecule has 0 amide bonds. The molecule has 1 aliphatic heterocycles. The van der Waals surface area contributed by atoms with Gasteiger partial charge in [0.25, 0.3) is 0 Å². The van der Waals surface area contributed by atoms with Crippen molar-refractivity contribution in [3.05, 3.63) is 53.3 Å². The van der Waals surface area contributed by atoms with Gasteiger partial charge in [-0.25, -0.2) is 13.2 Å². The monoisotopic (exact) mass is 427 g/mol. The predicted molar refractivity (Wildman–Crippen MR) is 109 cm³/mol. The molecule has 0 spiro atoms. The van der Waals surface area contributed by atoms with Gasteiger partial charge < -0.3 is 14.6 Å². The van der Waals surface area contributed by atoms with Crippen molar-refractivity contribution in [1.82, 2.24) is 14.2 Å². The summed E-state index contributed by atoms with van der Waals surface area (Å²) in [6.07, 6.45) is 2.40. The third-order valence-electron chi connectivity index (χ3n) is 4.95. The van der Waals surface area contributed by atoms with Crippen molar-refractivity contribution >= 4 is 28.4 Å². The summed E-state index contributed by atoms with van der Waals surface area (Å²) in [4.78, 5) is 11.9. The second-order valence-electron chi connectivity index (χ2n) is 6.59. The third kappa shape index (κ3) is 4.25. The molecule has 1 fully saturated rings. The largest absolute Gasteiger partial charge is 0.464 e. The van der Waals surface area contributed by atoms with Crippen molar-refractivity contribution in [3.8, 4) is 0 Å². The number of carbonyl (C=O) groups is 1. The first-order valence-electron chi connectivity index (χ1n) is 8.94. The van der Waals surface area contributed by atoms with Crippen LogP contribution < -0.4 is 5.32 Å². The van der Waals surface area contributed by atoms with Gasteiger partial charge in [0, 0.05) is 32.9 Å². The molecule has 1 N–H and O–H groups in total. The standard InChI is InChI=1S/C19H25N3O4S.ClH/c1-4-14-5-7-15(8-6-14)18-12-20-9-10-22(18)27(24,25)16-11-17(19(23)26-3)21(2)13-16;/h5-8,11,13,18,20H,4,9-10,12H2,1-3H3;1H. The molecule has 9 heteroatoms. The van der Waals surface area contributed by atoms with Gasteiger partial charge in [-0.05, 0) is 23.6 Å². The summed E-state index contributed by atoms with van der Waals surface area (Å²) in [5.41, 5.74) is 2.37. The number of hydrogen-bond acceptors (Lipinski definition) is 5. The molecular weight excluding hydrogens is 402 g/mol. The zero-order chi connectivity index (χ0) is 19.6. The fourth-order valence-electron chi connectivity index (χ4n) is 3.35. The Hall–Kier alpha value is -1.87. The van der Waals surface area contributed by atoms with Gasteiger partial charge in [-0.2, -0.15) is 4.31 Å². The van der Waals surface area contributed by atoms with Crippen molar-refractivity contribution in [2.75, 3.05) is 26.7 Å². The number of benzene rings is 1. The quantitative estimate of drug-likeness (QED) is 0.739. The number of sulfonamides is 1. The number of methoxy groups -OCH3 is 1. The van der Waals surface area contributed by atoms with Crippen LogP contribution in [0.15, 0.2) is 41.4 Å². The molecule has 154 valence electrons. The fraction of sp³-hybridized carbons (Fsp3) is 0.421. The summed E-state index contributed by atoms with van der Waals surface area (Å²) in [6, 6.07) is 9.13. The number of rotatable bonds is 5. The summed E-state index contributed by atoms with van der Waals surface area (Å²) in [7, 11) is -0.851. The minimum absolute atomic E-state index is 0. The van der Waals surface area contributed by atoms with Crippen molar-refractivity contribution in [3.63, 3.8) is 0 Å². The molecular formula is C19H26ClN3O4S. The molecule has 0 radical (unpaired) electrons. The third-order valence-corrected chi connectivity index (χ3v) is 6.82. The molecule has 3 rings (SSSR count). The number of piperazine rings is 1. The predicted octanol–water partition coefficient (Wildman–Crippen LogP) is 2.13. The SMILES string of the molecule is CCc1ccc(C2CNCCN2S(=O)(=O)c2cc(C(=O)OC)n(C)c2)cc1.Cl. The number of nitrogens with zero attached hydrogens (tertiary/aromatic N) is 2. The summed E-state index contributed by atoms with van der Waals surface area (Å²) in [5, 5.41) is 3.27. The Morgan fingerprint density at radius 1 is 1.29 bits per heavy atom. The number of nitrogens with one attached hydrogen (secondary N) is 1. The highest BCUT2D eigenvalue weighted by Crippen LogP contribution is 2.30. The van der Waals surface area contributed by atoms with E-state index in [1.807, 2.05) is 24.3 Å².